The van der Waals surface area contributed by atoms with E-state index in [9.17, 15) is 9.59 Å². The summed E-state index contributed by atoms with van der Waals surface area (Å²) in [7, 11) is 0. The maximum absolute atomic E-state index is 12.9. The van der Waals surface area contributed by atoms with Gasteiger partial charge in [0, 0.05) is 42.3 Å². The first-order valence-electron chi connectivity index (χ1n) is 11.3. The number of benzene rings is 1. The molecule has 3 heterocycles. The number of carbonyl (C=O) groups excluding carboxylic acids is 2. The Labute approximate surface area is 198 Å². The molecule has 8 heteroatoms. The summed E-state index contributed by atoms with van der Waals surface area (Å²) in [6, 6.07) is 11.0. The van der Waals surface area contributed by atoms with Crippen molar-refractivity contribution in [2.75, 3.05) is 32.7 Å². The summed E-state index contributed by atoms with van der Waals surface area (Å²) in [5.41, 5.74) is 2.61. The van der Waals surface area contributed by atoms with E-state index in [0.29, 0.717) is 41.5 Å². The highest BCUT2D eigenvalue weighted by atomic mass is 32.1. The summed E-state index contributed by atoms with van der Waals surface area (Å²) >= 11 is 1.48. The molecule has 7 nitrogen and oxygen atoms in total. The van der Waals surface area contributed by atoms with Crippen molar-refractivity contribution in [2.24, 2.45) is 4.99 Å². The van der Waals surface area contributed by atoms with Crippen molar-refractivity contribution < 1.29 is 14.0 Å². The van der Waals surface area contributed by atoms with Gasteiger partial charge in [-0.15, -0.1) is 11.3 Å². The van der Waals surface area contributed by atoms with Crippen LogP contribution >= 0.6 is 11.3 Å². The molecule has 0 N–H and O–H groups in total. The lowest BCUT2D eigenvalue weighted by Crippen LogP contribution is -2.48. The number of thiazole rings is 1. The first-order valence-corrected chi connectivity index (χ1v) is 12.1. The molecule has 1 saturated heterocycles. The molecule has 1 aromatic carbocycles. The fraction of sp³-hybridized carbons (Fsp3) is 0.400. The van der Waals surface area contributed by atoms with Gasteiger partial charge in [0.25, 0.3) is 11.8 Å². The summed E-state index contributed by atoms with van der Waals surface area (Å²) in [6.07, 6.45) is 0. The summed E-state index contributed by atoms with van der Waals surface area (Å²) < 4.78 is 7.91. The number of furan rings is 1. The highest BCUT2D eigenvalue weighted by molar-refractivity contribution is 7.09. The fourth-order valence-corrected chi connectivity index (χ4v) is 4.93. The van der Waals surface area contributed by atoms with Crippen LogP contribution in [0.25, 0.3) is 0 Å². The van der Waals surface area contributed by atoms with Crippen LogP contribution in [0, 0.1) is 20.8 Å². The Kier molecular flexibility index (Phi) is 6.95. The van der Waals surface area contributed by atoms with Crippen molar-refractivity contribution in [1.29, 1.82) is 0 Å². The highest BCUT2D eigenvalue weighted by Gasteiger charge is 2.24. The Morgan fingerprint density at radius 1 is 1.06 bits per heavy atom. The van der Waals surface area contributed by atoms with Gasteiger partial charge < -0.3 is 18.8 Å². The zero-order valence-corrected chi connectivity index (χ0v) is 20.4. The van der Waals surface area contributed by atoms with E-state index in [1.807, 2.05) is 54.5 Å². The number of nitrogens with zero attached hydrogens (tertiary/aromatic N) is 4. The van der Waals surface area contributed by atoms with Gasteiger partial charge in [-0.05, 0) is 51.6 Å². The maximum atomic E-state index is 12.9. The van der Waals surface area contributed by atoms with E-state index in [4.69, 9.17) is 4.42 Å². The van der Waals surface area contributed by atoms with E-state index < -0.39 is 0 Å². The van der Waals surface area contributed by atoms with Gasteiger partial charge in [0.2, 0.25) is 0 Å². The Hall–Kier alpha value is -2.97. The van der Waals surface area contributed by atoms with Crippen molar-refractivity contribution in [3.8, 4) is 0 Å². The van der Waals surface area contributed by atoms with E-state index in [2.05, 4.69) is 16.8 Å². The number of rotatable bonds is 5. The van der Waals surface area contributed by atoms with Crippen LogP contribution in [0.5, 0.6) is 0 Å². The van der Waals surface area contributed by atoms with Gasteiger partial charge in [0.05, 0.1) is 6.54 Å². The smallest absolute Gasteiger partial charge is 0.289 e. The van der Waals surface area contributed by atoms with Crippen LogP contribution in [-0.2, 0) is 6.54 Å². The van der Waals surface area contributed by atoms with Crippen LogP contribution in [0.3, 0.4) is 0 Å². The molecule has 1 aliphatic rings. The molecule has 4 rings (SSSR count). The SMILES string of the molecule is CCN1CCN(C(=O)c2ccc(Cn3c(C)c(C)sc3=NC(=O)c3cccc(C)c3)o2)CC1. The Morgan fingerprint density at radius 3 is 2.52 bits per heavy atom. The molecular formula is C25H30N4O3S. The Morgan fingerprint density at radius 2 is 1.82 bits per heavy atom. The van der Waals surface area contributed by atoms with Gasteiger partial charge in [-0.25, -0.2) is 0 Å². The number of likely N-dealkylation sites (N-methyl/N-ethyl adjacent to an activating group) is 1. The summed E-state index contributed by atoms with van der Waals surface area (Å²) in [6.45, 7) is 12.7. The first-order chi connectivity index (χ1) is 15.9. The van der Waals surface area contributed by atoms with E-state index in [1.54, 1.807) is 12.1 Å². The van der Waals surface area contributed by atoms with Gasteiger partial charge in [0.1, 0.15) is 5.76 Å². The number of piperazine rings is 1. The molecule has 2 amide bonds. The average molecular weight is 467 g/mol. The molecule has 0 atom stereocenters. The second-order valence-corrected chi connectivity index (χ2v) is 9.57. The van der Waals surface area contributed by atoms with Crippen molar-refractivity contribution in [1.82, 2.24) is 14.4 Å². The van der Waals surface area contributed by atoms with Crippen molar-refractivity contribution in [2.45, 2.75) is 34.2 Å². The minimum atomic E-state index is -0.268. The van der Waals surface area contributed by atoms with E-state index in [-0.39, 0.29) is 11.8 Å². The zero-order valence-electron chi connectivity index (χ0n) is 19.6. The van der Waals surface area contributed by atoms with Crippen molar-refractivity contribution in [3.63, 3.8) is 0 Å². The lowest BCUT2D eigenvalue weighted by Gasteiger charge is -2.33. The molecule has 0 unspecified atom stereocenters. The third-order valence-corrected chi connectivity index (χ3v) is 7.24. The van der Waals surface area contributed by atoms with Crippen LogP contribution in [0.2, 0.25) is 0 Å². The van der Waals surface area contributed by atoms with Crippen molar-refractivity contribution in [3.05, 3.63) is 74.4 Å². The predicted molar refractivity (Wildman–Crippen MR) is 129 cm³/mol. The third kappa shape index (κ3) is 5.17. The summed E-state index contributed by atoms with van der Waals surface area (Å²) in [5, 5.41) is 0. The van der Waals surface area contributed by atoms with E-state index >= 15 is 0 Å². The summed E-state index contributed by atoms with van der Waals surface area (Å²) in [4.78, 5) is 35.9. The van der Waals surface area contributed by atoms with Crippen molar-refractivity contribution >= 4 is 23.2 Å². The van der Waals surface area contributed by atoms with Crippen LogP contribution in [-0.4, -0.2) is 58.9 Å². The molecule has 0 aliphatic carbocycles. The first kappa shape index (κ1) is 23.2. The molecular weight excluding hydrogens is 436 g/mol. The minimum absolute atomic E-state index is 0.0697. The van der Waals surface area contributed by atoms with Crippen LogP contribution in [0.15, 0.2) is 45.8 Å². The molecule has 0 spiro atoms. The molecule has 0 radical (unpaired) electrons. The molecule has 2 aromatic heterocycles. The second-order valence-electron chi connectivity index (χ2n) is 8.39. The molecule has 33 heavy (non-hydrogen) atoms. The van der Waals surface area contributed by atoms with E-state index in [0.717, 1.165) is 35.8 Å². The highest BCUT2D eigenvalue weighted by Crippen LogP contribution is 2.17. The lowest BCUT2D eigenvalue weighted by molar-refractivity contribution is 0.0610. The van der Waals surface area contributed by atoms with Crippen LogP contribution in [0.4, 0.5) is 0 Å². The monoisotopic (exact) mass is 466 g/mol. The Bertz CT molecular complexity index is 1230. The summed E-state index contributed by atoms with van der Waals surface area (Å²) in [5.74, 6) is 0.681. The van der Waals surface area contributed by atoms with Gasteiger partial charge in [-0.2, -0.15) is 4.99 Å². The Balaban J connectivity index is 1.54. The van der Waals surface area contributed by atoms with E-state index in [1.165, 1.54) is 11.3 Å². The lowest BCUT2D eigenvalue weighted by atomic mass is 10.1. The van der Waals surface area contributed by atoms with Gasteiger partial charge >= 0.3 is 0 Å². The number of amides is 2. The fourth-order valence-electron chi connectivity index (χ4n) is 3.96. The predicted octanol–water partition coefficient (Wildman–Crippen LogP) is 3.63. The topological polar surface area (TPSA) is 71.1 Å². The quantitative estimate of drug-likeness (QED) is 0.576. The molecule has 174 valence electrons. The van der Waals surface area contributed by atoms with Gasteiger partial charge in [-0.1, -0.05) is 24.6 Å². The normalized spacial score (nSPS) is 15.3. The number of aryl methyl sites for hydroxylation is 2. The number of hydrogen-bond acceptors (Lipinski definition) is 5. The number of hydrogen-bond donors (Lipinski definition) is 0. The largest absolute Gasteiger partial charge is 0.454 e. The standard InChI is InChI=1S/C25H30N4O3S/c1-5-27-11-13-28(14-12-27)24(31)22-10-9-21(32-22)16-29-18(3)19(4)33-25(29)26-23(30)20-8-6-7-17(2)15-20/h6-10,15H,5,11-14,16H2,1-4H3. The van der Waals surface area contributed by atoms with Crippen LogP contribution in [0.1, 0.15) is 49.7 Å². The van der Waals surface area contributed by atoms with Crippen LogP contribution < -0.4 is 4.80 Å². The molecule has 1 aliphatic heterocycles. The average Bonchev–Trinajstić information content (AvgIpc) is 3.39. The molecule has 3 aromatic rings. The van der Waals surface area contributed by atoms with Gasteiger partial charge in [0.15, 0.2) is 10.6 Å². The minimum Gasteiger partial charge on any atom is -0.454 e. The molecule has 0 saturated carbocycles. The zero-order chi connectivity index (χ0) is 23.5. The number of aromatic nitrogens is 1. The third-order valence-electron chi connectivity index (χ3n) is 6.14. The maximum Gasteiger partial charge on any atom is 0.289 e. The molecule has 1 fully saturated rings. The van der Waals surface area contributed by atoms with Gasteiger partial charge in [-0.3, -0.25) is 9.59 Å². The second kappa shape index (κ2) is 9.89. The number of carbonyl (C=O) groups is 2. The molecule has 0 bridgehead atoms.